The zero-order chi connectivity index (χ0) is 9.52. The highest BCUT2D eigenvalue weighted by molar-refractivity contribution is 6.05. The highest BCUT2D eigenvalue weighted by Gasteiger charge is 2.48. The molecule has 2 N–H and O–H groups in total. The van der Waals surface area contributed by atoms with Gasteiger partial charge in [0.2, 0.25) is 11.8 Å². The maximum absolute atomic E-state index is 11.5. The van der Waals surface area contributed by atoms with E-state index in [1.165, 1.54) is 7.05 Å². The van der Waals surface area contributed by atoms with Gasteiger partial charge in [0.05, 0.1) is 5.41 Å². The van der Waals surface area contributed by atoms with Crippen molar-refractivity contribution in [3.8, 4) is 0 Å². The first-order valence-corrected chi connectivity index (χ1v) is 3.96. The van der Waals surface area contributed by atoms with Crippen LogP contribution in [0.4, 0.5) is 0 Å². The maximum atomic E-state index is 11.5. The van der Waals surface area contributed by atoms with Gasteiger partial charge in [0.25, 0.3) is 0 Å². The summed E-state index contributed by atoms with van der Waals surface area (Å²) in [7, 11) is 1.50. The van der Waals surface area contributed by atoms with Crippen LogP contribution in [-0.2, 0) is 9.59 Å². The van der Waals surface area contributed by atoms with Crippen LogP contribution in [0.2, 0.25) is 0 Å². The zero-order valence-electron chi connectivity index (χ0n) is 7.63. The molecule has 12 heavy (non-hydrogen) atoms. The van der Waals surface area contributed by atoms with Crippen LogP contribution in [0.3, 0.4) is 0 Å². The fourth-order valence-corrected chi connectivity index (χ4v) is 1.36. The van der Waals surface area contributed by atoms with Crippen molar-refractivity contribution in [1.82, 2.24) is 4.90 Å². The summed E-state index contributed by atoms with van der Waals surface area (Å²) >= 11 is 0. The second-order valence-corrected chi connectivity index (χ2v) is 3.64. The van der Waals surface area contributed by atoms with Crippen LogP contribution < -0.4 is 5.73 Å². The molecule has 0 aromatic rings. The third-order valence-electron chi connectivity index (χ3n) is 2.69. The number of rotatable bonds is 1. The quantitative estimate of drug-likeness (QED) is 0.551. The van der Waals surface area contributed by atoms with Gasteiger partial charge >= 0.3 is 0 Å². The molecule has 68 valence electrons. The van der Waals surface area contributed by atoms with Crippen LogP contribution in [0.25, 0.3) is 0 Å². The predicted octanol–water partition coefficient (Wildman–Crippen LogP) is -0.271. The smallest absolute Gasteiger partial charge is 0.236 e. The average molecular weight is 170 g/mol. The SMILES string of the molecule is CC(N)C1(C)CC(=O)N(C)C1=O. The monoisotopic (exact) mass is 170 g/mol. The molecule has 1 fully saturated rings. The molecular weight excluding hydrogens is 156 g/mol. The molecule has 2 amide bonds. The highest BCUT2D eigenvalue weighted by atomic mass is 16.2. The number of hydrogen-bond acceptors (Lipinski definition) is 3. The van der Waals surface area contributed by atoms with E-state index in [1.54, 1.807) is 13.8 Å². The molecule has 4 heteroatoms. The van der Waals surface area contributed by atoms with Gasteiger partial charge in [-0.15, -0.1) is 0 Å². The molecule has 1 aliphatic heterocycles. The Balaban J connectivity index is 2.97. The summed E-state index contributed by atoms with van der Waals surface area (Å²) < 4.78 is 0. The van der Waals surface area contributed by atoms with E-state index in [9.17, 15) is 9.59 Å². The van der Waals surface area contributed by atoms with Crippen molar-refractivity contribution >= 4 is 11.8 Å². The number of nitrogens with two attached hydrogens (primary N) is 1. The number of nitrogens with zero attached hydrogens (tertiary/aromatic N) is 1. The number of hydrogen-bond donors (Lipinski definition) is 1. The van der Waals surface area contributed by atoms with Crippen LogP contribution in [-0.4, -0.2) is 29.8 Å². The molecule has 1 heterocycles. The van der Waals surface area contributed by atoms with Gasteiger partial charge in [-0.3, -0.25) is 14.5 Å². The maximum Gasteiger partial charge on any atom is 0.236 e. The summed E-state index contributed by atoms with van der Waals surface area (Å²) in [5.74, 6) is -0.303. The first-order valence-electron chi connectivity index (χ1n) is 3.96. The van der Waals surface area contributed by atoms with Crippen LogP contribution in [0.5, 0.6) is 0 Å². The number of imide groups is 1. The molecule has 0 aliphatic carbocycles. The van der Waals surface area contributed by atoms with Crippen molar-refractivity contribution in [1.29, 1.82) is 0 Å². The van der Waals surface area contributed by atoms with Gasteiger partial charge in [0.15, 0.2) is 0 Å². The molecule has 0 bridgehead atoms. The Bertz CT molecular complexity index is 237. The Labute approximate surface area is 71.7 Å². The van der Waals surface area contributed by atoms with Gasteiger partial charge in [0, 0.05) is 19.5 Å². The molecule has 2 unspecified atom stereocenters. The zero-order valence-corrected chi connectivity index (χ0v) is 7.63. The van der Waals surface area contributed by atoms with E-state index in [-0.39, 0.29) is 24.3 Å². The topological polar surface area (TPSA) is 63.4 Å². The molecule has 0 aromatic heterocycles. The second kappa shape index (κ2) is 2.55. The summed E-state index contributed by atoms with van der Waals surface area (Å²) in [4.78, 5) is 23.8. The van der Waals surface area contributed by atoms with Crippen molar-refractivity contribution in [2.75, 3.05) is 7.05 Å². The number of carbonyl (C=O) groups is 2. The Morgan fingerprint density at radius 3 is 2.25 bits per heavy atom. The lowest BCUT2D eigenvalue weighted by Crippen LogP contribution is -2.43. The molecule has 0 radical (unpaired) electrons. The predicted molar refractivity (Wildman–Crippen MR) is 44.2 cm³/mol. The lowest BCUT2D eigenvalue weighted by atomic mass is 9.82. The van der Waals surface area contributed by atoms with Crippen LogP contribution in [0.1, 0.15) is 20.3 Å². The van der Waals surface area contributed by atoms with Crippen molar-refractivity contribution in [3.63, 3.8) is 0 Å². The summed E-state index contributed by atoms with van der Waals surface area (Å²) in [5, 5.41) is 0. The summed E-state index contributed by atoms with van der Waals surface area (Å²) in [6.07, 6.45) is 0.236. The Hall–Kier alpha value is -0.900. The number of amides is 2. The van der Waals surface area contributed by atoms with Crippen LogP contribution >= 0.6 is 0 Å². The van der Waals surface area contributed by atoms with E-state index < -0.39 is 5.41 Å². The molecule has 1 rings (SSSR count). The van der Waals surface area contributed by atoms with Crippen molar-refractivity contribution < 1.29 is 9.59 Å². The summed E-state index contributed by atoms with van der Waals surface area (Å²) in [6.45, 7) is 3.49. The molecule has 1 aliphatic rings. The van der Waals surface area contributed by atoms with Crippen molar-refractivity contribution in [3.05, 3.63) is 0 Å². The van der Waals surface area contributed by atoms with Gasteiger partial charge in [0.1, 0.15) is 0 Å². The fraction of sp³-hybridized carbons (Fsp3) is 0.750. The van der Waals surface area contributed by atoms with Crippen molar-refractivity contribution in [2.24, 2.45) is 11.1 Å². The van der Waals surface area contributed by atoms with Gasteiger partial charge in [-0.25, -0.2) is 0 Å². The standard InChI is InChI=1S/C8H14N2O2/c1-5(9)8(2)4-6(11)10(3)7(8)12/h5H,4,9H2,1-3H3. The largest absolute Gasteiger partial charge is 0.327 e. The van der Waals surface area contributed by atoms with E-state index in [2.05, 4.69) is 0 Å². The molecule has 0 saturated carbocycles. The van der Waals surface area contributed by atoms with Gasteiger partial charge < -0.3 is 5.73 Å². The summed E-state index contributed by atoms with van der Waals surface area (Å²) in [5.41, 5.74) is 4.96. The molecule has 0 spiro atoms. The molecule has 4 nitrogen and oxygen atoms in total. The highest BCUT2D eigenvalue weighted by Crippen LogP contribution is 2.33. The third-order valence-corrected chi connectivity index (χ3v) is 2.69. The molecular formula is C8H14N2O2. The lowest BCUT2D eigenvalue weighted by molar-refractivity contribution is -0.139. The Kier molecular flexibility index (Phi) is 1.96. The van der Waals surface area contributed by atoms with Gasteiger partial charge in [-0.2, -0.15) is 0 Å². The average Bonchev–Trinajstić information content (AvgIpc) is 2.17. The molecule has 1 saturated heterocycles. The first kappa shape index (κ1) is 9.19. The molecule has 0 aromatic carbocycles. The minimum atomic E-state index is -0.689. The van der Waals surface area contributed by atoms with Crippen LogP contribution in [0.15, 0.2) is 0 Å². The van der Waals surface area contributed by atoms with E-state index in [0.717, 1.165) is 4.90 Å². The fourth-order valence-electron chi connectivity index (χ4n) is 1.36. The minimum absolute atomic E-state index is 0.139. The number of carbonyl (C=O) groups excluding carboxylic acids is 2. The van der Waals surface area contributed by atoms with E-state index in [4.69, 9.17) is 5.73 Å². The normalized spacial score (nSPS) is 32.8. The Morgan fingerprint density at radius 1 is 1.58 bits per heavy atom. The van der Waals surface area contributed by atoms with Gasteiger partial charge in [-0.05, 0) is 13.8 Å². The van der Waals surface area contributed by atoms with Crippen molar-refractivity contribution in [2.45, 2.75) is 26.3 Å². The minimum Gasteiger partial charge on any atom is -0.327 e. The van der Waals surface area contributed by atoms with E-state index in [1.807, 2.05) is 0 Å². The van der Waals surface area contributed by atoms with Gasteiger partial charge in [-0.1, -0.05) is 0 Å². The Morgan fingerprint density at radius 2 is 2.08 bits per heavy atom. The van der Waals surface area contributed by atoms with E-state index in [0.29, 0.717) is 0 Å². The number of likely N-dealkylation sites (tertiary alicyclic amines) is 1. The van der Waals surface area contributed by atoms with Crippen LogP contribution in [0, 0.1) is 5.41 Å². The lowest BCUT2D eigenvalue weighted by Gasteiger charge is -2.24. The summed E-state index contributed by atoms with van der Waals surface area (Å²) in [6, 6.07) is -0.279. The second-order valence-electron chi connectivity index (χ2n) is 3.64. The first-order chi connectivity index (χ1) is 5.39. The molecule has 2 atom stereocenters. The van der Waals surface area contributed by atoms with E-state index >= 15 is 0 Å². The third kappa shape index (κ3) is 1.03.